The maximum absolute atomic E-state index is 13.0. The van der Waals surface area contributed by atoms with Gasteiger partial charge < -0.3 is 9.84 Å². The number of rotatable bonds is 6. The quantitative estimate of drug-likeness (QED) is 0.480. The number of hydrogen-bond acceptors (Lipinski definition) is 3. The standard InChI is InChI=1S/C27H28O4/c1-31-25-9-7-22(24(28)8-4-17-2-5-21(6-3-17)26(29)30)13-23(25)27-14-18-10-19(15-27)12-20(11-18)16-27/h2-9,13,18-20H,10-12,14-16H2,1H3,(H,29,30). The van der Waals surface area contributed by atoms with Crippen molar-refractivity contribution in [3.8, 4) is 5.75 Å². The van der Waals surface area contributed by atoms with Gasteiger partial charge in [-0.05, 0) is 104 Å². The number of hydrogen-bond donors (Lipinski definition) is 1. The van der Waals surface area contributed by atoms with Crippen LogP contribution in [0.1, 0.15) is 70.4 Å². The van der Waals surface area contributed by atoms with Crippen molar-refractivity contribution >= 4 is 17.8 Å². The van der Waals surface area contributed by atoms with E-state index in [-0.39, 0.29) is 16.8 Å². The second-order valence-corrected chi connectivity index (χ2v) is 9.74. The predicted octanol–water partition coefficient (Wildman–Crippen LogP) is 5.76. The van der Waals surface area contributed by atoms with Crippen molar-refractivity contribution in [2.24, 2.45) is 17.8 Å². The van der Waals surface area contributed by atoms with E-state index in [9.17, 15) is 9.59 Å². The maximum Gasteiger partial charge on any atom is 0.335 e. The third kappa shape index (κ3) is 3.69. The molecule has 0 aliphatic heterocycles. The number of ether oxygens (including phenoxy) is 1. The Morgan fingerprint density at radius 3 is 2.06 bits per heavy atom. The minimum Gasteiger partial charge on any atom is -0.496 e. The van der Waals surface area contributed by atoms with Crippen molar-refractivity contribution in [2.75, 3.05) is 7.11 Å². The van der Waals surface area contributed by atoms with E-state index in [1.165, 1.54) is 44.1 Å². The predicted molar refractivity (Wildman–Crippen MR) is 120 cm³/mol. The average Bonchev–Trinajstić information content (AvgIpc) is 2.76. The zero-order valence-corrected chi connectivity index (χ0v) is 17.8. The van der Waals surface area contributed by atoms with Gasteiger partial charge in [-0.25, -0.2) is 4.79 Å². The van der Waals surface area contributed by atoms with E-state index in [0.717, 1.165) is 29.1 Å². The van der Waals surface area contributed by atoms with Crippen LogP contribution in [-0.4, -0.2) is 24.0 Å². The Morgan fingerprint density at radius 2 is 1.52 bits per heavy atom. The lowest BCUT2D eigenvalue weighted by Gasteiger charge is -2.57. The number of carboxylic acid groups (broad SMARTS) is 1. The Balaban J connectivity index is 1.42. The van der Waals surface area contributed by atoms with Gasteiger partial charge >= 0.3 is 5.97 Å². The first-order chi connectivity index (χ1) is 15.0. The van der Waals surface area contributed by atoms with Gasteiger partial charge in [0, 0.05) is 11.1 Å². The molecular weight excluding hydrogens is 388 g/mol. The van der Waals surface area contributed by atoms with E-state index < -0.39 is 5.97 Å². The molecule has 0 atom stereocenters. The second kappa shape index (κ2) is 7.67. The topological polar surface area (TPSA) is 63.6 Å². The van der Waals surface area contributed by atoms with E-state index >= 15 is 0 Å². The lowest BCUT2D eigenvalue weighted by molar-refractivity contribution is -0.00617. The van der Waals surface area contributed by atoms with E-state index in [1.54, 1.807) is 43.5 Å². The molecule has 0 aromatic heterocycles. The fourth-order valence-electron chi connectivity index (χ4n) is 6.72. The highest BCUT2D eigenvalue weighted by Crippen LogP contribution is 2.61. The monoisotopic (exact) mass is 416 g/mol. The van der Waals surface area contributed by atoms with Gasteiger partial charge in [0.25, 0.3) is 0 Å². The molecule has 31 heavy (non-hydrogen) atoms. The molecule has 0 unspecified atom stereocenters. The highest BCUT2D eigenvalue weighted by molar-refractivity contribution is 6.07. The van der Waals surface area contributed by atoms with Gasteiger partial charge in [-0.2, -0.15) is 0 Å². The molecule has 0 saturated heterocycles. The smallest absolute Gasteiger partial charge is 0.335 e. The molecule has 4 nitrogen and oxygen atoms in total. The van der Waals surface area contributed by atoms with Crippen molar-refractivity contribution in [3.63, 3.8) is 0 Å². The molecular formula is C27H28O4. The van der Waals surface area contributed by atoms with Crippen LogP contribution in [0.3, 0.4) is 0 Å². The van der Waals surface area contributed by atoms with E-state index in [1.807, 2.05) is 12.1 Å². The van der Waals surface area contributed by atoms with Gasteiger partial charge in [-0.1, -0.05) is 18.2 Å². The molecule has 1 N–H and O–H groups in total. The Morgan fingerprint density at radius 1 is 0.935 bits per heavy atom. The Labute approximate surface area is 182 Å². The first-order valence-electron chi connectivity index (χ1n) is 11.2. The molecule has 6 rings (SSSR count). The molecule has 0 heterocycles. The average molecular weight is 417 g/mol. The van der Waals surface area contributed by atoms with Crippen LogP contribution in [0.5, 0.6) is 5.75 Å². The zero-order valence-electron chi connectivity index (χ0n) is 17.8. The number of aromatic carboxylic acids is 1. The van der Waals surface area contributed by atoms with Gasteiger partial charge in [-0.15, -0.1) is 0 Å². The van der Waals surface area contributed by atoms with Crippen LogP contribution < -0.4 is 4.74 Å². The molecule has 160 valence electrons. The number of carbonyl (C=O) groups excluding carboxylic acids is 1. The molecule has 4 fully saturated rings. The van der Waals surface area contributed by atoms with E-state index in [2.05, 4.69) is 6.07 Å². The number of carbonyl (C=O) groups is 2. The van der Waals surface area contributed by atoms with Crippen molar-refractivity contribution < 1.29 is 19.4 Å². The molecule has 4 aliphatic carbocycles. The number of methoxy groups -OCH3 is 1. The van der Waals surface area contributed by atoms with Crippen molar-refractivity contribution in [2.45, 2.75) is 43.9 Å². The summed E-state index contributed by atoms with van der Waals surface area (Å²) in [6.07, 6.45) is 11.1. The fourth-order valence-corrected chi connectivity index (χ4v) is 6.72. The summed E-state index contributed by atoms with van der Waals surface area (Å²) in [6.45, 7) is 0. The van der Waals surface area contributed by atoms with Crippen molar-refractivity contribution in [1.82, 2.24) is 0 Å². The summed E-state index contributed by atoms with van der Waals surface area (Å²) in [5.74, 6) is 2.38. The fraction of sp³-hybridized carbons (Fsp3) is 0.407. The highest BCUT2D eigenvalue weighted by Gasteiger charge is 2.52. The number of ketones is 1. The first kappa shape index (κ1) is 20.0. The van der Waals surface area contributed by atoms with E-state index in [0.29, 0.717) is 5.56 Å². The number of carboxylic acids is 1. The lowest BCUT2D eigenvalue weighted by Crippen LogP contribution is -2.48. The van der Waals surface area contributed by atoms with Crippen LogP contribution in [0.15, 0.2) is 48.5 Å². The van der Waals surface area contributed by atoms with Crippen molar-refractivity contribution in [1.29, 1.82) is 0 Å². The Kier molecular flexibility index (Phi) is 4.96. The largest absolute Gasteiger partial charge is 0.496 e. The van der Waals surface area contributed by atoms with Crippen LogP contribution >= 0.6 is 0 Å². The molecule has 2 aromatic carbocycles. The molecule has 4 saturated carbocycles. The maximum atomic E-state index is 13.0. The molecule has 2 aromatic rings. The summed E-state index contributed by atoms with van der Waals surface area (Å²) in [5.41, 5.74) is 3.10. The van der Waals surface area contributed by atoms with Crippen LogP contribution in [0.4, 0.5) is 0 Å². The zero-order chi connectivity index (χ0) is 21.6. The van der Waals surface area contributed by atoms with Gasteiger partial charge in [0.2, 0.25) is 0 Å². The molecule has 0 radical (unpaired) electrons. The normalized spacial score (nSPS) is 28.7. The summed E-state index contributed by atoms with van der Waals surface area (Å²) >= 11 is 0. The van der Waals surface area contributed by atoms with Gasteiger partial charge in [0.1, 0.15) is 5.75 Å². The van der Waals surface area contributed by atoms with Crippen LogP contribution in [-0.2, 0) is 5.41 Å². The Bertz CT molecular complexity index is 1010. The number of benzene rings is 2. The molecule has 0 spiro atoms. The summed E-state index contributed by atoms with van der Waals surface area (Å²) in [7, 11) is 1.72. The summed E-state index contributed by atoms with van der Waals surface area (Å²) in [6, 6.07) is 12.4. The van der Waals surface area contributed by atoms with Crippen molar-refractivity contribution in [3.05, 3.63) is 70.8 Å². The molecule has 4 aliphatic rings. The van der Waals surface area contributed by atoms with Crippen LogP contribution in [0.25, 0.3) is 6.08 Å². The SMILES string of the molecule is COc1ccc(C(=O)C=Cc2ccc(C(=O)O)cc2)cc1C12CC3CC(CC(C3)C1)C2. The minimum absolute atomic E-state index is 0.0454. The first-order valence-corrected chi connectivity index (χ1v) is 11.2. The lowest BCUT2D eigenvalue weighted by atomic mass is 9.48. The summed E-state index contributed by atoms with van der Waals surface area (Å²) in [4.78, 5) is 23.9. The second-order valence-electron chi connectivity index (χ2n) is 9.74. The van der Waals surface area contributed by atoms with Gasteiger partial charge in [0.05, 0.1) is 12.7 Å². The van der Waals surface area contributed by atoms with Gasteiger partial charge in [-0.3, -0.25) is 4.79 Å². The Hall–Kier alpha value is -2.88. The number of allylic oxidation sites excluding steroid dienone is 1. The van der Waals surface area contributed by atoms with Crippen LogP contribution in [0.2, 0.25) is 0 Å². The summed E-state index contributed by atoms with van der Waals surface area (Å²) < 4.78 is 5.75. The molecule has 0 amide bonds. The third-order valence-corrected chi connectivity index (χ3v) is 7.68. The summed E-state index contributed by atoms with van der Waals surface area (Å²) in [5, 5.41) is 9.02. The molecule has 4 heteroatoms. The van der Waals surface area contributed by atoms with Crippen LogP contribution in [0, 0.1) is 17.8 Å². The van der Waals surface area contributed by atoms with Gasteiger partial charge in [0.15, 0.2) is 5.78 Å². The van der Waals surface area contributed by atoms with E-state index in [4.69, 9.17) is 9.84 Å². The third-order valence-electron chi connectivity index (χ3n) is 7.68. The minimum atomic E-state index is -0.956. The highest BCUT2D eigenvalue weighted by atomic mass is 16.5. The molecule has 4 bridgehead atoms.